The first-order valence-corrected chi connectivity index (χ1v) is 13.6. The summed E-state index contributed by atoms with van der Waals surface area (Å²) in [5.41, 5.74) is 2.05. The Hall–Kier alpha value is -4.25. The van der Waals surface area contributed by atoms with E-state index in [4.69, 9.17) is 18.9 Å². The van der Waals surface area contributed by atoms with Gasteiger partial charge in [0.15, 0.2) is 0 Å². The monoisotopic (exact) mass is 566 g/mol. The maximum atomic E-state index is 13.4. The third-order valence-electron chi connectivity index (χ3n) is 7.41. The number of carbonyl (C=O) groups excluding carboxylic acids is 3. The minimum absolute atomic E-state index is 0.0414. The Bertz CT molecular complexity index is 1290. The number of hydrogen-bond donors (Lipinski definition) is 1. The number of amides is 3. The van der Waals surface area contributed by atoms with Gasteiger partial charge in [-0.25, -0.2) is 9.59 Å². The summed E-state index contributed by atoms with van der Waals surface area (Å²) < 4.78 is 21.7. The van der Waals surface area contributed by atoms with Crippen molar-refractivity contribution < 1.29 is 33.3 Å². The highest BCUT2D eigenvalue weighted by molar-refractivity contribution is 5.95. The van der Waals surface area contributed by atoms with E-state index in [9.17, 15) is 14.4 Å². The van der Waals surface area contributed by atoms with Crippen LogP contribution in [-0.2, 0) is 9.53 Å². The zero-order chi connectivity index (χ0) is 29.5. The van der Waals surface area contributed by atoms with Crippen LogP contribution >= 0.6 is 0 Å². The number of hydrogen-bond acceptors (Lipinski definition) is 8. The molecule has 1 saturated heterocycles. The number of rotatable bonds is 9. The van der Waals surface area contributed by atoms with E-state index in [1.54, 1.807) is 70.7 Å². The highest BCUT2D eigenvalue weighted by Crippen LogP contribution is 2.38. The molecule has 1 atom stereocenters. The van der Waals surface area contributed by atoms with Crippen molar-refractivity contribution in [2.45, 2.75) is 19.4 Å². The maximum Gasteiger partial charge on any atom is 0.338 e. The van der Waals surface area contributed by atoms with E-state index < -0.39 is 12.0 Å². The maximum absolute atomic E-state index is 13.4. The Balaban J connectivity index is 1.63. The zero-order valence-corrected chi connectivity index (χ0v) is 24.3. The Morgan fingerprint density at radius 2 is 1.63 bits per heavy atom. The topological polar surface area (TPSA) is 110 Å². The number of ether oxygens (including phenoxy) is 4. The molecule has 2 aliphatic rings. The van der Waals surface area contributed by atoms with Crippen LogP contribution in [0.15, 0.2) is 53.7 Å². The fourth-order valence-corrected chi connectivity index (χ4v) is 5.16. The van der Waals surface area contributed by atoms with Crippen LogP contribution in [0.5, 0.6) is 17.2 Å². The molecule has 0 radical (unpaired) electrons. The molecule has 2 aliphatic heterocycles. The summed E-state index contributed by atoms with van der Waals surface area (Å²) in [5, 5.41) is 2.94. The number of benzene rings is 2. The van der Waals surface area contributed by atoms with Gasteiger partial charge >= 0.3 is 12.0 Å². The van der Waals surface area contributed by atoms with Crippen molar-refractivity contribution in [3.63, 3.8) is 0 Å². The van der Waals surface area contributed by atoms with Crippen LogP contribution in [0, 0.1) is 0 Å². The molecular weight excluding hydrogens is 528 g/mol. The van der Waals surface area contributed by atoms with Crippen LogP contribution in [-0.4, -0.2) is 100 Å². The lowest BCUT2D eigenvalue weighted by Crippen LogP contribution is -2.49. The summed E-state index contributed by atoms with van der Waals surface area (Å²) >= 11 is 0. The summed E-state index contributed by atoms with van der Waals surface area (Å²) in [6.45, 7) is 4.63. The average molecular weight is 567 g/mol. The van der Waals surface area contributed by atoms with E-state index in [0.29, 0.717) is 72.4 Å². The van der Waals surface area contributed by atoms with E-state index >= 15 is 0 Å². The van der Waals surface area contributed by atoms with E-state index in [2.05, 4.69) is 10.2 Å². The first kappa shape index (κ1) is 29.7. The summed E-state index contributed by atoms with van der Waals surface area (Å²) in [6, 6.07) is 11.2. The Labute approximate surface area is 240 Å². The normalized spacial score (nSPS) is 18.0. The van der Waals surface area contributed by atoms with Gasteiger partial charge in [0.05, 0.1) is 39.6 Å². The van der Waals surface area contributed by atoms with Crippen LogP contribution in [0.3, 0.4) is 0 Å². The molecule has 4 rings (SSSR count). The molecule has 1 N–H and O–H groups in total. The molecule has 0 spiro atoms. The summed E-state index contributed by atoms with van der Waals surface area (Å²) in [6.07, 6.45) is 0.743. The number of urea groups is 1. The number of methoxy groups -OCH3 is 3. The second-order valence-electron chi connectivity index (χ2n) is 9.78. The van der Waals surface area contributed by atoms with Crippen molar-refractivity contribution in [1.82, 2.24) is 20.0 Å². The minimum Gasteiger partial charge on any atom is -0.497 e. The second-order valence-corrected chi connectivity index (χ2v) is 9.78. The lowest BCUT2D eigenvalue weighted by atomic mass is 9.93. The number of likely N-dealkylation sites (N-methyl/N-ethyl adjacent to an activating group) is 1. The average Bonchev–Trinajstić information content (AvgIpc) is 3.24. The van der Waals surface area contributed by atoms with Gasteiger partial charge in [0.25, 0.3) is 5.91 Å². The molecule has 0 bridgehead atoms. The molecule has 41 heavy (non-hydrogen) atoms. The molecule has 3 amide bonds. The van der Waals surface area contributed by atoms with Crippen LogP contribution in [0.25, 0.3) is 0 Å². The standard InChI is InChI=1S/C30H38N4O7/c1-6-41-29(36)26-24(32(2)30(37)31-27(26)23-18-22(39-4)12-13-25(23)40-5)19-33-14-7-15-34(17-16-33)28(35)20-8-10-21(38-3)11-9-20/h8-13,18,27H,6-7,14-17,19H2,1-5H3,(H,31,37)/t27-/m0/s1. The lowest BCUT2D eigenvalue weighted by molar-refractivity contribution is -0.139. The lowest BCUT2D eigenvalue weighted by Gasteiger charge is -2.37. The van der Waals surface area contributed by atoms with E-state index in [0.717, 1.165) is 6.42 Å². The molecule has 2 aromatic carbocycles. The summed E-state index contributed by atoms with van der Waals surface area (Å²) in [7, 11) is 6.31. The van der Waals surface area contributed by atoms with Gasteiger partial charge in [-0.3, -0.25) is 14.6 Å². The Morgan fingerprint density at radius 1 is 0.927 bits per heavy atom. The molecular formula is C30H38N4O7. The van der Waals surface area contributed by atoms with E-state index in [-0.39, 0.29) is 18.5 Å². The first-order chi connectivity index (χ1) is 19.8. The van der Waals surface area contributed by atoms with Gasteiger partial charge in [0.2, 0.25) is 0 Å². The molecule has 11 nitrogen and oxygen atoms in total. The Kier molecular flexibility index (Phi) is 9.72. The molecule has 2 heterocycles. The smallest absolute Gasteiger partial charge is 0.338 e. The van der Waals surface area contributed by atoms with Gasteiger partial charge in [-0.2, -0.15) is 0 Å². The zero-order valence-electron chi connectivity index (χ0n) is 24.3. The molecule has 11 heteroatoms. The molecule has 2 aromatic rings. The number of nitrogens with zero attached hydrogens (tertiary/aromatic N) is 3. The van der Waals surface area contributed by atoms with Crippen molar-refractivity contribution in [3.05, 3.63) is 64.9 Å². The molecule has 0 aromatic heterocycles. The summed E-state index contributed by atoms with van der Waals surface area (Å²) in [5.74, 6) is 1.20. The fraction of sp³-hybridized carbons (Fsp3) is 0.433. The number of nitrogens with one attached hydrogen (secondary N) is 1. The van der Waals surface area contributed by atoms with Crippen LogP contribution < -0.4 is 19.5 Å². The molecule has 0 aliphatic carbocycles. The van der Waals surface area contributed by atoms with Crippen molar-refractivity contribution in [1.29, 1.82) is 0 Å². The van der Waals surface area contributed by atoms with Gasteiger partial charge in [-0.05, 0) is 55.8 Å². The van der Waals surface area contributed by atoms with Crippen LogP contribution in [0.4, 0.5) is 4.79 Å². The predicted octanol–water partition coefficient (Wildman–Crippen LogP) is 3.07. The predicted molar refractivity (Wildman–Crippen MR) is 152 cm³/mol. The van der Waals surface area contributed by atoms with Crippen LogP contribution in [0.2, 0.25) is 0 Å². The highest BCUT2D eigenvalue weighted by Gasteiger charge is 2.39. The quantitative estimate of drug-likeness (QED) is 0.462. The number of carbonyl (C=O) groups is 3. The van der Waals surface area contributed by atoms with Crippen molar-refractivity contribution in [3.8, 4) is 17.2 Å². The van der Waals surface area contributed by atoms with Crippen LogP contribution in [0.1, 0.15) is 35.3 Å². The van der Waals surface area contributed by atoms with Crippen molar-refractivity contribution >= 4 is 17.9 Å². The summed E-state index contributed by atoms with van der Waals surface area (Å²) in [4.78, 5) is 45.3. The van der Waals surface area contributed by atoms with Gasteiger partial charge in [-0.15, -0.1) is 0 Å². The fourth-order valence-electron chi connectivity index (χ4n) is 5.16. The van der Waals surface area contributed by atoms with Gasteiger partial charge < -0.3 is 29.2 Å². The van der Waals surface area contributed by atoms with Crippen molar-refractivity contribution in [2.75, 3.05) is 67.7 Å². The largest absolute Gasteiger partial charge is 0.497 e. The van der Waals surface area contributed by atoms with Gasteiger partial charge in [0, 0.05) is 56.6 Å². The number of esters is 1. The van der Waals surface area contributed by atoms with Crippen molar-refractivity contribution in [2.24, 2.45) is 0 Å². The SMILES string of the molecule is CCOC(=O)C1=C(CN2CCCN(C(=O)c3ccc(OC)cc3)CC2)N(C)C(=O)N[C@H]1c1cc(OC)ccc1OC. The highest BCUT2D eigenvalue weighted by atomic mass is 16.5. The third-order valence-corrected chi connectivity index (χ3v) is 7.41. The van der Waals surface area contributed by atoms with E-state index in [1.165, 1.54) is 12.0 Å². The Morgan fingerprint density at radius 3 is 2.29 bits per heavy atom. The van der Waals surface area contributed by atoms with Gasteiger partial charge in [-0.1, -0.05) is 0 Å². The molecule has 0 unspecified atom stereocenters. The van der Waals surface area contributed by atoms with Gasteiger partial charge in [0.1, 0.15) is 17.2 Å². The third kappa shape index (κ3) is 6.57. The molecule has 1 fully saturated rings. The minimum atomic E-state index is -0.807. The first-order valence-electron chi connectivity index (χ1n) is 13.6. The molecule has 0 saturated carbocycles. The second kappa shape index (κ2) is 13.4. The van der Waals surface area contributed by atoms with E-state index in [1.807, 2.05) is 4.90 Å². The molecule has 220 valence electrons.